The van der Waals surface area contributed by atoms with E-state index in [1.807, 2.05) is 23.6 Å². The number of halogens is 1. The van der Waals surface area contributed by atoms with E-state index in [0.29, 0.717) is 15.1 Å². The van der Waals surface area contributed by atoms with E-state index < -0.39 is 0 Å². The molecule has 3 heterocycles. The van der Waals surface area contributed by atoms with E-state index >= 15 is 0 Å². The van der Waals surface area contributed by atoms with E-state index in [1.165, 1.54) is 21.9 Å². The Balaban J connectivity index is 2.05. The van der Waals surface area contributed by atoms with E-state index in [0.717, 1.165) is 4.88 Å². The van der Waals surface area contributed by atoms with Crippen LogP contribution in [0.4, 0.5) is 0 Å². The van der Waals surface area contributed by atoms with Crippen LogP contribution in [0.15, 0.2) is 28.4 Å². The van der Waals surface area contributed by atoms with Crippen LogP contribution in [0.5, 0.6) is 0 Å². The highest BCUT2D eigenvalue weighted by Crippen LogP contribution is 2.17. The van der Waals surface area contributed by atoms with Crippen LogP contribution in [0.25, 0.3) is 17.1 Å². The van der Waals surface area contributed by atoms with Crippen LogP contribution in [0, 0.1) is 0 Å². The second kappa shape index (κ2) is 4.64. The van der Waals surface area contributed by atoms with E-state index in [9.17, 15) is 4.79 Å². The average molecular weight is 296 g/mol. The molecule has 0 aliphatic heterocycles. The molecule has 7 heteroatoms. The van der Waals surface area contributed by atoms with Gasteiger partial charge in [0.15, 0.2) is 0 Å². The summed E-state index contributed by atoms with van der Waals surface area (Å²) in [5, 5.41) is 5.86. The van der Waals surface area contributed by atoms with Gasteiger partial charge in [-0.05, 0) is 35.2 Å². The van der Waals surface area contributed by atoms with Gasteiger partial charge in [-0.2, -0.15) is 4.52 Å². The molecule has 0 spiro atoms. The molecule has 0 fully saturated rings. The highest BCUT2D eigenvalue weighted by Gasteiger charge is 2.05. The van der Waals surface area contributed by atoms with Gasteiger partial charge in [0.1, 0.15) is 0 Å². The first-order chi connectivity index (χ1) is 8.72. The molecule has 0 amide bonds. The van der Waals surface area contributed by atoms with Gasteiger partial charge in [0.25, 0.3) is 5.56 Å². The molecule has 0 saturated carbocycles. The number of hydrogen-bond acceptors (Lipinski definition) is 5. The van der Waals surface area contributed by atoms with Gasteiger partial charge in [-0.1, -0.05) is 17.4 Å². The summed E-state index contributed by atoms with van der Waals surface area (Å²) in [6.45, 7) is 0. The molecule has 3 rings (SSSR count). The average Bonchev–Trinajstić information content (AvgIpc) is 2.94. The fraction of sp³-hybridized carbons (Fsp3) is 0. The highest BCUT2D eigenvalue weighted by atomic mass is 35.5. The standard InChI is InChI=1S/C11H6ClN3OS2/c12-10-14-15-9(16)6-7(13-11(15)18-10)3-4-8-2-1-5-17-8/h1-6H. The van der Waals surface area contributed by atoms with Crippen molar-refractivity contribution in [3.8, 4) is 0 Å². The smallest absolute Gasteiger partial charge is 0.267 e. The predicted molar refractivity (Wildman–Crippen MR) is 75.4 cm³/mol. The molecule has 0 radical (unpaired) electrons. The monoisotopic (exact) mass is 295 g/mol. The Morgan fingerprint density at radius 2 is 2.28 bits per heavy atom. The Bertz CT molecular complexity index is 773. The first kappa shape index (κ1) is 11.6. The molecule has 0 saturated heterocycles. The van der Waals surface area contributed by atoms with Crippen molar-refractivity contribution in [2.24, 2.45) is 0 Å². The number of nitrogens with zero attached hydrogens (tertiary/aromatic N) is 3. The van der Waals surface area contributed by atoms with E-state index in [4.69, 9.17) is 11.6 Å². The summed E-state index contributed by atoms with van der Waals surface area (Å²) in [6.07, 6.45) is 3.73. The number of fused-ring (bicyclic) bond motifs is 1. The Morgan fingerprint density at radius 1 is 1.39 bits per heavy atom. The third-order valence-corrected chi connectivity index (χ3v) is 4.04. The largest absolute Gasteiger partial charge is 0.275 e. The van der Waals surface area contributed by atoms with Gasteiger partial charge in [-0.15, -0.1) is 16.4 Å². The minimum Gasteiger partial charge on any atom is -0.267 e. The second-order valence-electron chi connectivity index (χ2n) is 3.42. The molecule has 0 aliphatic carbocycles. The molecule has 0 unspecified atom stereocenters. The molecule has 0 bridgehead atoms. The Kier molecular flexibility index (Phi) is 2.99. The van der Waals surface area contributed by atoms with Crippen molar-refractivity contribution in [3.05, 3.63) is 49.0 Å². The second-order valence-corrected chi connectivity index (χ2v) is 5.93. The third kappa shape index (κ3) is 2.22. The number of hydrogen-bond donors (Lipinski definition) is 0. The minimum absolute atomic E-state index is 0.228. The Hall–Kier alpha value is -1.50. The lowest BCUT2D eigenvalue weighted by atomic mass is 10.3. The SMILES string of the molecule is O=c1cc(C=Cc2cccs2)nc2sc(Cl)nn12. The Labute approximate surface area is 115 Å². The van der Waals surface area contributed by atoms with Gasteiger partial charge in [-0.25, -0.2) is 4.98 Å². The van der Waals surface area contributed by atoms with Crippen LogP contribution in [0.3, 0.4) is 0 Å². The van der Waals surface area contributed by atoms with Crippen LogP contribution < -0.4 is 5.56 Å². The lowest BCUT2D eigenvalue weighted by Gasteiger charge is -1.92. The van der Waals surface area contributed by atoms with Crippen LogP contribution >= 0.6 is 34.3 Å². The fourth-order valence-electron chi connectivity index (χ4n) is 1.44. The van der Waals surface area contributed by atoms with Crippen molar-refractivity contribution in [2.75, 3.05) is 0 Å². The van der Waals surface area contributed by atoms with Crippen molar-refractivity contribution in [1.82, 2.24) is 14.6 Å². The molecule has 90 valence electrons. The molecule has 18 heavy (non-hydrogen) atoms. The number of aromatic nitrogens is 3. The third-order valence-electron chi connectivity index (χ3n) is 2.20. The summed E-state index contributed by atoms with van der Waals surface area (Å²) in [7, 11) is 0. The van der Waals surface area contributed by atoms with Gasteiger partial charge in [0.05, 0.1) is 5.69 Å². The maximum absolute atomic E-state index is 11.8. The zero-order valence-electron chi connectivity index (χ0n) is 8.91. The van der Waals surface area contributed by atoms with Crippen LogP contribution in [-0.2, 0) is 0 Å². The zero-order chi connectivity index (χ0) is 12.5. The molecule has 4 nitrogen and oxygen atoms in total. The van der Waals surface area contributed by atoms with Crippen LogP contribution in [0.1, 0.15) is 10.6 Å². The fourth-order valence-corrected chi connectivity index (χ4v) is 2.99. The molecule has 0 N–H and O–H groups in total. The topological polar surface area (TPSA) is 47.3 Å². The lowest BCUT2D eigenvalue weighted by molar-refractivity contribution is 0.897. The molecule has 3 aromatic rings. The quantitative estimate of drug-likeness (QED) is 0.730. The van der Waals surface area contributed by atoms with Crippen molar-refractivity contribution < 1.29 is 0 Å². The minimum atomic E-state index is -0.228. The highest BCUT2D eigenvalue weighted by molar-refractivity contribution is 7.20. The summed E-state index contributed by atoms with van der Waals surface area (Å²) in [6, 6.07) is 5.40. The molecule has 3 aromatic heterocycles. The van der Waals surface area contributed by atoms with Gasteiger partial charge in [0.2, 0.25) is 9.43 Å². The molecule has 0 aliphatic rings. The number of rotatable bonds is 2. The summed E-state index contributed by atoms with van der Waals surface area (Å²) < 4.78 is 1.51. The zero-order valence-corrected chi connectivity index (χ0v) is 11.3. The first-order valence-corrected chi connectivity index (χ1v) is 7.08. The summed E-state index contributed by atoms with van der Waals surface area (Å²) in [5.41, 5.74) is 0.377. The number of thiophene rings is 1. The van der Waals surface area contributed by atoms with Crippen LogP contribution in [0.2, 0.25) is 4.47 Å². The van der Waals surface area contributed by atoms with Crippen molar-refractivity contribution >= 4 is 51.4 Å². The molecular formula is C11H6ClN3OS2. The van der Waals surface area contributed by atoms with Crippen molar-refractivity contribution in [1.29, 1.82) is 0 Å². The maximum atomic E-state index is 11.8. The molecule has 0 atom stereocenters. The Morgan fingerprint density at radius 3 is 3.06 bits per heavy atom. The maximum Gasteiger partial charge on any atom is 0.275 e. The van der Waals surface area contributed by atoms with Gasteiger partial charge in [0, 0.05) is 10.9 Å². The van der Waals surface area contributed by atoms with Gasteiger partial charge < -0.3 is 0 Å². The first-order valence-electron chi connectivity index (χ1n) is 5.00. The predicted octanol–water partition coefficient (Wildman–Crippen LogP) is 3.04. The van der Waals surface area contributed by atoms with E-state index in [-0.39, 0.29) is 5.56 Å². The summed E-state index contributed by atoms with van der Waals surface area (Å²) in [5.74, 6) is 0. The van der Waals surface area contributed by atoms with Gasteiger partial charge >= 0.3 is 0 Å². The van der Waals surface area contributed by atoms with E-state index in [1.54, 1.807) is 17.4 Å². The summed E-state index contributed by atoms with van der Waals surface area (Å²) >= 11 is 8.56. The molecule has 0 aromatic carbocycles. The van der Waals surface area contributed by atoms with E-state index in [2.05, 4.69) is 10.1 Å². The van der Waals surface area contributed by atoms with Gasteiger partial charge in [-0.3, -0.25) is 4.79 Å². The lowest BCUT2D eigenvalue weighted by Crippen LogP contribution is -2.14. The summed E-state index contributed by atoms with van der Waals surface area (Å²) in [4.78, 5) is 17.7. The normalized spacial score (nSPS) is 11.6. The van der Waals surface area contributed by atoms with Crippen LogP contribution in [-0.4, -0.2) is 14.6 Å². The van der Waals surface area contributed by atoms with Crippen molar-refractivity contribution in [2.45, 2.75) is 0 Å². The molecular weight excluding hydrogens is 290 g/mol. The van der Waals surface area contributed by atoms with Crippen molar-refractivity contribution in [3.63, 3.8) is 0 Å².